The zero-order valence-corrected chi connectivity index (χ0v) is 10.2. The first-order valence-corrected chi connectivity index (χ1v) is 5.52. The van der Waals surface area contributed by atoms with Crippen LogP contribution in [0, 0.1) is 5.82 Å². The molecule has 0 unspecified atom stereocenters. The number of benzene rings is 1. The van der Waals surface area contributed by atoms with Crippen molar-refractivity contribution in [1.82, 2.24) is 0 Å². The summed E-state index contributed by atoms with van der Waals surface area (Å²) in [7, 11) is 1.42. The number of halogens is 1. The van der Waals surface area contributed by atoms with E-state index in [0.717, 1.165) is 5.56 Å². The minimum atomic E-state index is -0.409. The van der Waals surface area contributed by atoms with Crippen LogP contribution in [-0.4, -0.2) is 12.9 Å². The van der Waals surface area contributed by atoms with Gasteiger partial charge in [0.05, 0.1) is 7.11 Å². The number of hydrogen-bond donors (Lipinski definition) is 0. The van der Waals surface area contributed by atoms with E-state index in [1.54, 1.807) is 24.3 Å². The fourth-order valence-electron chi connectivity index (χ4n) is 1.68. The van der Waals surface area contributed by atoms with Crippen molar-refractivity contribution < 1.29 is 18.3 Å². The lowest BCUT2D eigenvalue weighted by molar-refractivity contribution is 0.0985. The number of rotatable bonds is 4. The van der Waals surface area contributed by atoms with E-state index in [-0.39, 0.29) is 11.5 Å². The Morgan fingerprint density at radius 1 is 1.33 bits per heavy atom. The number of Topliss-reactive ketones (excluding diaryl/α,β-unsaturated/α-hetero) is 1. The van der Waals surface area contributed by atoms with E-state index < -0.39 is 5.82 Å². The van der Waals surface area contributed by atoms with Crippen molar-refractivity contribution in [3.63, 3.8) is 0 Å². The van der Waals surface area contributed by atoms with Crippen molar-refractivity contribution in [2.45, 2.75) is 13.3 Å². The maximum absolute atomic E-state index is 13.5. The fraction of sp³-hybridized carbons (Fsp3) is 0.214. The van der Waals surface area contributed by atoms with Crippen LogP contribution >= 0.6 is 0 Å². The SMILES string of the molecule is COc1ccc(Cc2ccc(C(C)=O)o2)cc1F. The molecule has 0 fully saturated rings. The van der Waals surface area contributed by atoms with E-state index in [1.165, 1.54) is 20.1 Å². The van der Waals surface area contributed by atoms with Gasteiger partial charge in [-0.1, -0.05) is 6.07 Å². The molecule has 94 valence electrons. The van der Waals surface area contributed by atoms with Crippen LogP contribution in [0.3, 0.4) is 0 Å². The molecule has 0 N–H and O–H groups in total. The first kappa shape index (κ1) is 12.4. The average molecular weight is 248 g/mol. The van der Waals surface area contributed by atoms with Gasteiger partial charge in [-0.05, 0) is 29.8 Å². The van der Waals surface area contributed by atoms with Gasteiger partial charge < -0.3 is 9.15 Å². The Hall–Kier alpha value is -2.10. The van der Waals surface area contributed by atoms with Crippen molar-refractivity contribution in [2.75, 3.05) is 7.11 Å². The monoisotopic (exact) mass is 248 g/mol. The number of ether oxygens (including phenoxy) is 1. The van der Waals surface area contributed by atoms with E-state index >= 15 is 0 Å². The molecule has 18 heavy (non-hydrogen) atoms. The molecule has 0 bridgehead atoms. The van der Waals surface area contributed by atoms with Crippen LogP contribution in [0.25, 0.3) is 0 Å². The number of furan rings is 1. The van der Waals surface area contributed by atoms with Crippen molar-refractivity contribution in [2.24, 2.45) is 0 Å². The largest absolute Gasteiger partial charge is 0.494 e. The van der Waals surface area contributed by atoms with Crippen LogP contribution in [-0.2, 0) is 6.42 Å². The normalized spacial score (nSPS) is 10.4. The Kier molecular flexibility index (Phi) is 3.46. The van der Waals surface area contributed by atoms with Crippen LogP contribution in [0.5, 0.6) is 5.75 Å². The highest BCUT2D eigenvalue weighted by Gasteiger charge is 2.08. The van der Waals surface area contributed by atoms with Crippen molar-refractivity contribution in [3.05, 3.63) is 53.2 Å². The predicted octanol–water partition coefficient (Wildman–Crippen LogP) is 3.22. The third kappa shape index (κ3) is 2.59. The van der Waals surface area contributed by atoms with E-state index in [9.17, 15) is 9.18 Å². The molecule has 0 saturated heterocycles. The molecular weight excluding hydrogens is 235 g/mol. The molecule has 0 amide bonds. The van der Waals surface area contributed by atoms with Gasteiger partial charge in [-0.15, -0.1) is 0 Å². The molecule has 1 aromatic heterocycles. The molecule has 4 heteroatoms. The summed E-state index contributed by atoms with van der Waals surface area (Å²) < 4.78 is 23.7. The van der Waals surface area contributed by atoms with Gasteiger partial charge in [0.15, 0.2) is 23.1 Å². The Bertz CT molecular complexity index is 572. The Labute approximate surface area is 104 Å². The molecule has 3 nitrogen and oxygen atoms in total. The molecule has 0 radical (unpaired) electrons. The lowest BCUT2D eigenvalue weighted by atomic mass is 10.1. The highest BCUT2D eigenvalue weighted by atomic mass is 19.1. The Morgan fingerprint density at radius 3 is 2.67 bits per heavy atom. The zero-order chi connectivity index (χ0) is 13.1. The maximum Gasteiger partial charge on any atom is 0.194 e. The number of methoxy groups -OCH3 is 1. The quantitative estimate of drug-likeness (QED) is 0.780. The summed E-state index contributed by atoms with van der Waals surface area (Å²) in [5.74, 6) is 0.627. The third-order valence-corrected chi connectivity index (χ3v) is 2.60. The van der Waals surface area contributed by atoms with Crippen LogP contribution in [0.2, 0.25) is 0 Å². The van der Waals surface area contributed by atoms with Gasteiger partial charge in [-0.3, -0.25) is 4.79 Å². The molecule has 0 aliphatic rings. The molecule has 2 rings (SSSR count). The topological polar surface area (TPSA) is 39.4 Å². The number of hydrogen-bond acceptors (Lipinski definition) is 3. The van der Waals surface area contributed by atoms with Crippen LogP contribution in [0.4, 0.5) is 4.39 Å². The zero-order valence-electron chi connectivity index (χ0n) is 10.2. The lowest BCUT2D eigenvalue weighted by Crippen LogP contribution is -1.92. The molecule has 0 atom stereocenters. The van der Waals surface area contributed by atoms with E-state index in [2.05, 4.69) is 0 Å². The standard InChI is InChI=1S/C14H13FO3/c1-9(16)13-6-4-11(18-13)7-10-3-5-14(17-2)12(15)8-10/h3-6,8H,7H2,1-2H3. The van der Waals surface area contributed by atoms with Crippen LogP contribution in [0.15, 0.2) is 34.7 Å². The van der Waals surface area contributed by atoms with Gasteiger partial charge in [0.1, 0.15) is 5.76 Å². The summed E-state index contributed by atoms with van der Waals surface area (Å²) in [6.45, 7) is 1.44. The molecule has 1 aromatic carbocycles. The number of carbonyl (C=O) groups is 1. The summed E-state index contributed by atoms with van der Waals surface area (Å²) in [5.41, 5.74) is 0.762. The highest BCUT2D eigenvalue weighted by Crippen LogP contribution is 2.20. The molecular formula is C14H13FO3. The molecule has 0 saturated carbocycles. The minimum Gasteiger partial charge on any atom is -0.494 e. The number of ketones is 1. The average Bonchev–Trinajstić information content (AvgIpc) is 2.78. The first-order valence-electron chi connectivity index (χ1n) is 5.52. The molecule has 0 aliphatic carbocycles. The lowest BCUT2D eigenvalue weighted by Gasteiger charge is -2.03. The van der Waals surface area contributed by atoms with Gasteiger partial charge in [-0.25, -0.2) is 4.39 Å². The van der Waals surface area contributed by atoms with Crippen molar-refractivity contribution in [1.29, 1.82) is 0 Å². The van der Waals surface area contributed by atoms with E-state index in [1.807, 2.05) is 0 Å². The number of carbonyl (C=O) groups excluding carboxylic acids is 1. The smallest absolute Gasteiger partial charge is 0.194 e. The maximum atomic E-state index is 13.5. The third-order valence-electron chi connectivity index (χ3n) is 2.60. The summed E-state index contributed by atoms with van der Waals surface area (Å²) >= 11 is 0. The molecule has 1 heterocycles. The predicted molar refractivity (Wildman–Crippen MR) is 64.5 cm³/mol. The van der Waals surface area contributed by atoms with Crippen LogP contribution < -0.4 is 4.74 Å². The van der Waals surface area contributed by atoms with E-state index in [0.29, 0.717) is 17.9 Å². The van der Waals surface area contributed by atoms with Gasteiger partial charge in [0.2, 0.25) is 0 Å². The second-order valence-corrected chi connectivity index (χ2v) is 3.97. The second-order valence-electron chi connectivity index (χ2n) is 3.97. The summed E-state index contributed by atoms with van der Waals surface area (Å²) in [6.07, 6.45) is 0.439. The van der Waals surface area contributed by atoms with Gasteiger partial charge in [-0.2, -0.15) is 0 Å². The summed E-state index contributed by atoms with van der Waals surface area (Å²) in [5, 5.41) is 0. The van der Waals surface area contributed by atoms with Crippen LogP contribution in [0.1, 0.15) is 28.8 Å². The van der Waals surface area contributed by atoms with Crippen molar-refractivity contribution >= 4 is 5.78 Å². The Morgan fingerprint density at radius 2 is 2.11 bits per heavy atom. The van der Waals surface area contributed by atoms with Gasteiger partial charge >= 0.3 is 0 Å². The molecule has 0 spiro atoms. The Balaban J connectivity index is 2.18. The summed E-state index contributed by atoms with van der Waals surface area (Å²) in [4.78, 5) is 11.1. The highest BCUT2D eigenvalue weighted by molar-refractivity contribution is 5.91. The first-order chi connectivity index (χ1) is 8.60. The van der Waals surface area contributed by atoms with Crippen molar-refractivity contribution in [3.8, 4) is 5.75 Å². The fourth-order valence-corrected chi connectivity index (χ4v) is 1.68. The van der Waals surface area contributed by atoms with E-state index in [4.69, 9.17) is 9.15 Å². The van der Waals surface area contributed by atoms with Gasteiger partial charge in [0.25, 0.3) is 0 Å². The second kappa shape index (κ2) is 5.04. The minimum absolute atomic E-state index is 0.123. The van der Waals surface area contributed by atoms with Gasteiger partial charge in [0, 0.05) is 13.3 Å². The molecule has 2 aromatic rings. The molecule has 0 aliphatic heterocycles. The summed E-state index contributed by atoms with van der Waals surface area (Å²) in [6, 6.07) is 8.07.